The first-order valence-electron chi connectivity index (χ1n) is 5.33. The van der Waals surface area contributed by atoms with Gasteiger partial charge in [0.25, 0.3) is 0 Å². The second-order valence-corrected chi connectivity index (χ2v) is 6.09. The quantitative estimate of drug-likeness (QED) is 0.681. The number of sulfonamides is 1. The zero-order valence-electron chi connectivity index (χ0n) is 9.48. The van der Waals surface area contributed by atoms with Crippen molar-refractivity contribution < 1.29 is 13.2 Å². The van der Waals surface area contributed by atoms with Crippen molar-refractivity contribution in [2.75, 3.05) is 12.8 Å². The lowest BCUT2D eigenvalue weighted by molar-refractivity contribution is 0.111. The fraction of sp³-hybridized carbons (Fsp3) is 0.667. The topological polar surface area (TPSA) is 85.2 Å². The van der Waals surface area contributed by atoms with Crippen LogP contribution >= 0.6 is 0 Å². The molecule has 17 heavy (non-hydrogen) atoms. The third-order valence-corrected chi connectivity index (χ3v) is 4.16. The molecule has 0 N–H and O–H groups in total. The van der Waals surface area contributed by atoms with E-state index in [-0.39, 0.29) is 11.7 Å². The molecule has 1 aliphatic rings. The van der Waals surface area contributed by atoms with Crippen molar-refractivity contribution in [3.05, 3.63) is 11.9 Å². The first-order valence-corrected chi connectivity index (χ1v) is 7.17. The summed E-state index contributed by atoms with van der Waals surface area (Å²) in [6.07, 6.45) is 5.01. The molecule has 1 aromatic rings. The Hall–Kier alpha value is -1.28. The number of nitrogens with zero attached hydrogens (tertiary/aromatic N) is 4. The molecule has 0 saturated carbocycles. The highest BCUT2D eigenvalue weighted by Gasteiger charge is 2.31. The highest BCUT2D eigenvalue weighted by Crippen LogP contribution is 2.21. The average molecular weight is 258 g/mol. The Morgan fingerprint density at radius 2 is 2.35 bits per heavy atom. The average Bonchev–Trinajstić information content (AvgIpc) is 2.85. The normalized spacial score (nSPS) is 21.8. The molecule has 0 amide bonds. The lowest BCUT2D eigenvalue weighted by Gasteiger charge is -2.21. The fourth-order valence-corrected chi connectivity index (χ4v) is 3.28. The molecule has 1 fully saturated rings. The van der Waals surface area contributed by atoms with E-state index in [1.807, 2.05) is 0 Å². The van der Waals surface area contributed by atoms with Crippen LogP contribution in [0.1, 0.15) is 23.3 Å². The van der Waals surface area contributed by atoms with Crippen LogP contribution in [0.3, 0.4) is 0 Å². The molecular formula is C9H14N4O3S. The number of rotatable bonds is 4. The number of hydrogen-bond acceptors (Lipinski definition) is 5. The van der Waals surface area contributed by atoms with Gasteiger partial charge in [0.05, 0.1) is 19.0 Å². The van der Waals surface area contributed by atoms with Gasteiger partial charge in [0.1, 0.15) is 5.69 Å². The van der Waals surface area contributed by atoms with Gasteiger partial charge in [0, 0.05) is 12.6 Å². The largest absolute Gasteiger partial charge is 0.296 e. The van der Waals surface area contributed by atoms with E-state index < -0.39 is 10.0 Å². The van der Waals surface area contributed by atoms with Gasteiger partial charge >= 0.3 is 0 Å². The molecule has 1 saturated heterocycles. The van der Waals surface area contributed by atoms with E-state index in [2.05, 4.69) is 10.3 Å². The van der Waals surface area contributed by atoms with Crippen LogP contribution in [0.2, 0.25) is 0 Å². The zero-order valence-corrected chi connectivity index (χ0v) is 10.3. The maximum atomic E-state index is 11.5. The van der Waals surface area contributed by atoms with Crippen LogP contribution < -0.4 is 0 Å². The number of aldehydes is 1. The van der Waals surface area contributed by atoms with E-state index in [1.165, 1.54) is 21.4 Å². The van der Waals surface area contributed by atoms with E-state index in [1.54, 1.807) is 0 Å². The minimum Gasteiger partial charge on any atom is -0.296 e. The zero-order chi connectivity index (χ0) is 12.5. The van der Waals surface area contributed by atoms with E-state index in [0.717, 1.165) is 12.8 Å². The van der Waals surface area contributed by atoms with Crippen LogP contribution in [-0.2, 0) is 16.6 Å². The molecule has 2 rings (SSSR count). The molecule has 94 valence electrons. The van der Waals surface area contributed by atoms with Crippen molar-refractivity contribution in [1.82, 2.24) is 19.3 Å². The van der Waals surface area contributed by atoms with Gasteiger partial charge in [-0.3, -0.25) is 9.48 Å². The SMILES string of the molecule is CS(=O)(=O)N1CCC[C@H]1Cn1cc(C=O)nn1. The maximum absolute atomic E-state index is 11.5. The third kappa shape index (κ3) is 2.70. The highest BCUT2D eigenvalue weighted by molar-refractivity contribution is 7.88. The van der Waals surface area contributed by atoms with Crippen molar-refractivity contribution in [3.8, 4) is 0 Å². The summed E-state index contributed by atoms with van der Waals surface area (Å²) in [5.41, 5.74) is 0.258. The van der Waals surface area contributed by atoms with Crippen LogP contribution in [0.4, 0.5) is 0 Å². The monoisotopic (exact) mass is 258 g/mol. The summed E-state index contributed by atoms with van der Waals surface area (Å²) in [6, 6.07) is -0.0915. The molecule has 0 bridgehead atoms. The van der Waals surface area contributed by atoms with E-state index in [0.29, 0.717) is 19.4 Å². The Kier molecular flexibility index (Phi) is 3.25. The first-order chi connectivity index (χ1) is 8.00. The molecule has 0 aliphatic carbocycles. The van der Waals surface area contributed by atoms with E-state index >= 15 is 0 Å². The van der Waals surface area contributed by atoms with Gasteiger partial charge in [-0.25, -0.2) is 8.42 Å². The molecule has 7 nitrogen and oxygen atoms in total. The molecule has 2 heterocycles. The second-order valence-electron chi connectivity index (χ2n) is 4.15. The van der Waals surface area contributed by atoms with Gasteiger partial charge in [0.15, 0.2) is 6.29 Å². The summed E-state index contributed by atoms with van der Waals surface area (Å²) < 4.78 is 26.0. The van der Waals surface area contributed by atoms with Gasteiger partial charge < -0.3 is 0 Å². The van der Waals surface area contributed by atoms with Crippen LogP contribution in [0.5, 0.6) is 0 Å². The maximum Gasteiger partial charge on any atom is 0.211 e. The molecule has 0 spiro atoms. The lowest BCUT2D eigenvalue weighted by atomic mass is 10.2. The van der Waals surface area contributed by atoms with Gasteiger partial charge in [-0.05, 0) is 12.8 Å². The number of carbonyl (C=O) groups is 1. The van der Waals surface area contributed by atoms with Crippen LogP contribution in [-0.4, -0.2) is 52.8 Å². The molecule has 0 radical (unpaired) electrons. The van der Waals surface area contributed by atoms with Gasteiger partial charge in [-0.2, -0.15) is 4.31 Å². The predicted molar refractivity (Wildman–Crippen MR) is 60.0 cm³/mol. The minimum absolute atomic E-state index is 0.0915. The van der Waals surface area contributed by atoms with E-state index in [9.17, 15) is 13.2 Å². The summed E-state index contributed by atoms with van der Waals surface area (Å²) in [7, 11) is -3.17. The van der Waals surface area contributed by atoms with Gasteiger partial charge in [-0.15, -0.1) is 5.10 Å². The summed E-state index contributed by atoms with van der Waals surface area (Å²) in [4.78, 5) is 10.5. The molecule has 0 aromatic carbocycles. The molecule has 0 unspecified atom stereocenters. The molecular weight excluding hydrogens is 244 g/mol. The van der Waals surface area contributed by atoms with Crippen LogP contribution in [0.15, 0.2) is 6.20 Å². The molecule has 8 heteroatoms. The Bertz CT molecular complexity index is 510. The number of aromatic nitrogens is 3. The second kappa shape index (κ2) is 4.53. The van der Waals surface area contributed by atoms with Crippen molar-refractivity contribution in [3.63, 3.8) is 0 Å². The summed E-state index contributed by atoms with van der Waals surface area (Å²) >= 11 is 0. The lowest BCUT2D eigenvalue weighted by Crippen LogP contribution is -2.37. The van der Waals surface area contributed by atoms with Gasteiger partial charge in [-0.1, -0.05) is 5.21 Å². The Morgan fingerprint density at radius 3 is 2.94 bits per heavy atom. The predicted octanol–water partition coefficient (Wildman–Crippen LogP) is -0.485. The van der Waals surface area contributed by atoms with Crippen molar-refractivity contribution in [2.45, 2.75) is 25.4 Å². The fourth-order valence-electron chi connectivity index (χ4n) is 2.10. The smallest absolute Gasteiger partial charge is 0.211 e. The van der Waals surface area contributed by atoms with Crippen molar-refractivity contribution in [1.29, 1.82) is 0 Å². The Morgan fingerprint density at radius 1 is 1.59 bits per heavy atom. The first kappa shape index (κ1) is 12.2. The number of hydrogen-bond donors (Lipinski definition) is 0. The van der Waals surface area contributed by atoms with E-state index in [4.69, 9.17) is 0 Å². The van der Waals surface area contributed by atoms with Crippen LogP contribution in [0, 0.1) is 0 Å². The molecule has 1 aromatic heterocycles. The standard InChI is InChI=1S/C9H14N4O3S/c1-17(15,16)13-4-2-3-9(13)6-12-5-8(7-14)10-11-12/h5,7,9H,2-4,6H2,1H3/t9-/m0/s1. The Labute approximate surface area is 99.5 Å². The Balaban J connectivity index is 2.10. The summed E-state index contributed by atoms with van der Waals surface area (Å²) in [6.45, 7) is 0.993. The highest BCUT2D eigenvalue weighted by atomic mass is 32.2. The van der Waals surface area contributed by atoms with Crippen LogP contribution in [0.25, 0.3) is 0 Å². The van der Waals surface area contributed by atoms with Gasteiger partial charge in [0.2, 0.25) is 10.0 Å². The summed E-state index contributed by atoms with van der Waals surface area (Å²) in [5.74, 6) is 0. The molecule has 1 atom stereocenters. The number of carbonyl (C=O) groups excluding carboxylic acids is 1. The minimum atomic E-state index is -3.17. The van der Waals surface area contributed by atoms with Crippen molar-refractivity contribution >= 4 is 16.3 Å². The van der Waals surface area contributed by atoms with Crippen molar-refractivity contribution in [2.24, 2.45) is 0 Å². The summed E-state index contributed by atoms with van der Waals surface area (Å²) in [5, 5.41) is 7.42. The molecule has 1 aliphatic heterocycles. The third-order valence-electron chi connectivity index (χ3n) is 2.82.